The number of likely N-dealkylation sites (tertiary alicyclic amines) is 3. The molecule has 36 heavy (non-hydrogen) atoms. The fourth-order valence-electron chi connectivity index (χ4n) is 5.72. The molecule has 3 heterocycles. The molecule has 7 heteroatoms. The molecule has 2 aromatic carbocycles. The van der Waals surface area contributed by atoms with E-state index in [4.69, 9.17) is 11.6 Å². The smallest absolute Gasteiger partial charge is 0.245 e. The summed E-state index contributed by atoms with van der Waals surface area (Å²) in [5.74, 6) is 1.23. The van der Waals surface area contributed by atoms with Crippen molar-refractivity contribution in [3.05, 3.63) is 70.7 Å². The zero-order chi connectivity index (χ0) is 26.1. The van der Waals surface area contributed by atoms with Gasteiger partial charge in [-0.2, -0.15) is 12.6 Å². The zero-order valence-corrected chi connectivity index (χ0v) is 23.4. The normalized spacial score (nSPS) is 23.4. The monoisotopic (exact) mass is 529 g/mol. The Labute approximate surface area is 227 Å². The summed E-state index contributed by atoms with van der Waals surface area (Å²) in [4.78, 5) is 32.5. The van der Waals surface area contributed by atoms with Crippen molar-refractivity contribution in [2.75, 3.05) is 32.4 Å². The Kier molecular flexibility index (Phi) is 11.1. The standard InChI is InChI=1S/C26H30ClN3O2.C2H6.CH4S/c27-23-8-6-20(7-9-23)18-30-24(10-11-25(30)31)26(32)29-16-21-12-22(17-29)15-28(14-21)13-19-4-2-1-3-5-19;2*1-2/h1-9,21-22,24H,10-18H2;1-2H3;2H,1H3/t21?,22?,24-;;/m0../s1. The van der Waals surface area contributed by atoms with Gasteiger partial charge in [0.05, 0.1) is 0 Å². The summed E-state index contributed by atoms with van der Waals surface area (Å²) in [7, 11) is 0. The van der Waals surface area contributed by atoms with E-state index in [2.05, 4.69) is 52.8 Å². The van der Waals surface area contributed by atoms with Crippen LogP contribution >= 0.6 is 24.2 Å². The van der Waals surface area contributed by atoms with Crippen molar-refractivity contribution in [2.24, 2.45) is 11.8 Å². The second-order valence-electron chi connectivity index (χ2n) is 9.59. The SMILES string of the molecule is CC.CS.O=C([C@@H]1CCC(=O)N1Cc1ccc(Cl)cc1)N1CC2CC(CN(Cc3ccccc3)C2)C1. The van der Waals surface area contributed by atoms with Gasteiger partial charge < -0.3 is 9.80 Å². The van der Waals surface area contributed by atoms with Gasteiger partial charge in [0.25, 0.3) is 0 Å². The molecule has 3 aliphatic heterocycles. The molecule has 0 radical (unpaired) electrons. The highest BCUT2D eigenvalue weighted by atomic mass is 35.5. The summed E-state index contributed by atoms with van der Waals surface area (Å²) < 4.78 is 0. The maximum Gasteiger partial charge on any atom is 0.245 e. The molecule has 3 atom stereocenters. The summed E-state index contributed by atoms with van der Waals surface area (Å²) >= 11 is 9.52. The highest BCUT2D eigenvalue weighted by molar-refractivity contribution is 7.79. The molecule has 0 aliphatic carbocycles. The molecule has 2 bridgehead atoms. The number of carbonyl (C=O) groups excluding carboxylic acids is 2. The second-order valence-corrected chi connectivity index (χ2v) is 10.0. The molecule has 2 aromatic rings. The topological polar surface area (TPSA) is 43.9 Å². The molecule has 0 N–H and O–H groups in total. The molecule has 196 valence electrons. The van der Waals surface area contributed by atoms with E-state index >= 15 is 0 Å². The Balaban J connectivity index is 0.000000861. The van der Waals surface area contributed by atoms with Crippen LogP contribution in [-0.2, 0) is 22.7 Å². The number of hydrogen-bond acceptors (Lipinski definition) is 4. The average molecular weight is 530 g/mol. The van der Waals surface area contributed by atoms with E-state index < -0.39 is 0 Å². The lowest BCUT2D eigenvalue weighted by molar-refractivity contribution is -0.145. The van der Waals surface area contributed by atoms with Crippen LogP contribution in [0.4, 0.5) is 0 Å². The van der Waals surface area contributed by atoms with Gasteiger partial charge in [0.15, 0.2) is 0 Å². The molecule has 2 unspecified atom stereocenters. The molecular weight excluding hydrogens is 490 g/mol. The maximum atomic E-state index is 13.5. The van der Waals surface area contributed by atoms with Crippen LogP contribution < -0.4 is 0 Å². The van der Waals surface area contributed by atoms with Gasteiger partial charge in [-0.1, -0.05) is 67.9 Å². The van der Waals surface area contributed by atoms with Crippen LogP contribution in [0, 0.1) is 11.8 Å². The summed E-state index contributed by atoms with van der Waals surface area (Å²) in [6.45, 7) is 9.13. The molecule has 3 saturated heterocycles. The van der Waals surface area contributed by atoms with Gasteiger partial charge in [-0.05, 0) is 54.2 Å². The first-order valence-electron chi connectivity index (χ1n) is 13.1. The minimum absolute atomic E-state index is 0.0736. The lowest BCUT2D eigenvalue weighted by Crippen LogP contribution is -2.57. The molecule has 0 aromatic heterocycles. The van der Waals surface area contributed by atoms with Crippen LogP contribution in [-0.4, -0.2) is 65.0 Å². The number of piperidine rings is 2. The first kappa shape index (κ1) is 28.5. The van der Waals surface area contributed by atoms with Gasteiger partial charge in [0, 0.05) is 50.7 Å². The van der Waals surface area contributed by atoms with Crippen LogP contribution in [0.15, 0.2) is 54.6 Å². The largest absolute Gasteiger partial charge is 0.340 e. The lowest BCUT2D eigenvalue weighted by atomic mass is 9.84. The maximum absolute atomic E-state index is 13.5. The molecule has 0 saturated carbocycles. The third-order valence-corrected chi connectivity index (χ3v) is 7.35. The number of benzene rings is 2. The third kappa shape index (κ3) is 7.27. The van der Waals surface area contributed by atoms with Crippen LogP contribution in [0.2, 0.25) is 5.02 Å². The Morgan fingerprint density at radius 2 is 1.47 bits per heavy atom. The van der Waals surface area contributed by atoms with Crippen molar-refractivity contribution in [1.29, 1.82) is 0 Å². The number of rotatable bonds is 5. The third-order valence-electron chi connectivity index (χ3n) is 7.10. The molecule has 2 amide bonds. The molecule has 3 fully saturated rings. The average Bonchev–Trinajstić information content (AvgIpc) is 3.27. The molecule has 5 nitrogen and oxygen atoms in total. The summed E-state index contributed by atoms with van der Waals surface area (Å²) in [6, 6.07) is 17.8. The van der Waals surface area contributed by atoms with Gasteiger partial charge in [-0.3, -0.25) is 14.5 Å². The van der Waals surface area contributed by atoms with Crippen molar-refractivity contribution in [2.45, 2.75) is 52.2 Å². The summed E-state index contributed by atoms with van der Waals surface area (Å²) in [5.41, 5.74) is 2.36. The minimum atomic E-state index is -0.336. The number of halogens is 1. The number of thiol groups is 1. The molecule has 5 rings (SSSR count). The van der Waals surface area contributed by atoms with Crippen molar-refractivity contribution >= 4 is 36.0 Å². The van der Waals surface area contributed by atoms with Crippen LogP contribution in [0.1, 0.15) is 44.2 Å². The zero-order valence-electron chi connectivity index (χ0n) is 21.8. The number of nitrogens with zero attached hydrogens (tertiary/aromatic N) is 3. The first-order chi connectivity index (χ1) is 17.5. The van der Waals surface area contributed by atoms with Gasteiger partial charge in [-0.25, -0.2) is 0 Å². The summed E-state index contributed by atoms with van der Waals surface area (Å²) in [6.07, 6.45) is 3.97. The number of hydrogen-bond donors (Lipinski definition) is 1. The summed E-state index contributed by atoms with van der Waals surface area (Å²) in [5, 5.41) is 0.676. The molecular formula is C29H40ClN3O2S. The number of fused-ring (bicyclic) bond motifs is 2. The van der Waals surface area contributed by atoms with Gasteiger partial charge >= 0.3 is 0 Å². The van der Waals surface area contributed by atoms with Crippen molar-refractivity contribution < 1.29 is 9.59 Å². The van der Waals surface area contributed by atoms with Crippen LogP contribution in [0.3, 0.4) is 0 Å². The quantitative estimate of drug-likeness (QED) is 0.528. The van der Waals surface area contributed by atoms with Crippen LogP contribution in [0.5, 0.6) is 0 Å². The van der Waals surface area contributed by atoms with Crippen LogP contribution in [0.25, 0.3) is 0 Å². The molecule has 3 aliphatic rings. The van der Waals surface area contributed by atoms with Gasteiger partial charge in [0.2, 0.25) is 11.8 Å². The van der Waals surface area contributed by atoms with Crippen molar-refractivity contribution in [1.82, 2.24) is 14.7 Å². The van der Waals surface area contributed by atoms with Crippen molar-refractivity contribution in [3.63, 3.8) is 0 Å². The number of amides is 2. The predicted molar refractivity (Wildman–Crippen MR) is 151 cm³/mol. The highest BCUT2D eigenvalue weighted by Gasteiger charge is 2.42. The predicted octanol–water partition coefficient (Wildman–Crippen LogP) is 5.38. The van der Waals surface area contributed by atoms with E-state index in [-0.39, 0.29) is 17.9 Å². The molecule has 0 spiro atoms. The Hall–Kier alpha value is -2.02. The van der Waals surface area contributed by atoms with Crippen molar-refractivity contribution in [3.8, 4) is 0 Å². The number of carbonyl (C=O) groups is 2. The minimum Gasteiger partial charge on any atom is -0.340 e. The fraction of sp³-hybridized carbons (Fsp3) is 0.517. The second kappa shape index (κ2) is 14.1. The highest BCUT2D eigenvalue weighted by Crippen LogP contribution is 2.32. The first-order valence-corrected chi connectivity index (χ1v) is 14.4. The van der Waals surface area contributed by atoms with E-state index in [9.17, 15) is 9.59 Å². The van der Waals surface area contributed by atoms with E-state index in [0.29, 0.717) is 36.2 Å². The van der Waals surface area contributed by atoms with E-state index in [1.807, 2.05) is 38.1 Å². The Morgan fingerprint density at radius 1 is 0.889 bits per heavy atom. The van der Waals surface area contributed by atoms with Gasteiger partial charge in [0.1, 0.15) is 6.04 Å². The van der Waals surface area contributed by atoms with E-state index in [1.165, 1.54) is 12.0 Å². The van der Waals surface area contributed by atoms with E-state index in [1.54, 1.807) is 11.2 Å². The fourth-order valence-corrected chi connectivity index (χ4v) is 5.85. The Bertz CT molecular complexity index is 958. The lowest BCUT2D eigenvalue weighted by Gasteiger charge is -2.46. The Morgan fingerprint density at radius 3 is 2.08 bits per heavy atom. The van der Waals surface area contributed by atoms with Gasteiger partial charge in [-0.15, -0.1) is 0 Å². The van der Waals surface area contributed by atoms with E-state index in [0.717, 1.165) is 38.3 Å².